The van der Waals surface area contributed by atoms with Crippen LogP contribution in [0.2, 0.25) is 0 Å². The van der Waals surface area contributed by atoms with Crippen LogP contribution in [0.15, 0.2) is 11.2 Å². The van der Waals surface area contributed by atoms with Crippen molar-refractivity contribution in [2.45, 2.75) is 38.9 Å². The van der Waals surface area contributed by atoms with Gasteiger partial charge in [0, 0.05) is 54.2 Å². The molecule has 0 aromatic carbocycles. The normalized spacial score (nSPS) is 18.9. The molecule has 21 heavy (non-hydrogen) atoms. The molecule has 1 aliphatic heterocycles. The molecule has 1 aromatic heterocycles. The van der Waals surface area contributed by atoms with Gasteiger partial charge in [-0.3, -0.25) is 4.99 Å². The Morgan fingerprint density at radius 2 is 2.33 bits per heavy atom. The molecular formula is C15H26N4S2. The molecule has 1 N–H and O–H groups in total. The number of aryl methyl sites for hydroxylation is 1. The maximum absolute atomic E-state index is 4.80. The van der Waals surface area contributed by atoms with Crippen molar-refractivity contribution in [2.75, 3.05) is 31.9 Å². The molecule has 1 saturated heterocycles. The van der Waals surface area contributed by atoms with Gasteiger partial charge in [-0.15, -0.1) is 11.3 Å². The lowest BCUT2D eigenvalue weighted by molar-refractivity contribution is 0.376. The highest BCUT2D eigenvalue weighted by Gasteiger charge is 2.28. The number of rotatable bonds is 4. The average Bonchev–Trinajstić information content (AvgIpc) is 2.82. The van der Waals surface area contributed by atoms with Crippen molar-refractivity contribution >= 4 is 29.1 Å². The van der Waals surface area contributed by atoms with Gasteiger partial charge >= 0.3 is 0 Å². The second kappa shape index (κ2) is 7.49. The molecule has 118 valence electrons. The van der Waals surface area contributed by atoms with E-state index in [1.807, 2.05) is 6.20 Å². The molecule has 0 bridgehead atoms. The van der Waals surface area contributed by atoms with Crippen LogP contribution in [0.4, 0.5) is 0 Å². The largest absolute Gasteiger partial charge is 0.357 e. The number of nitrogens with zero attached hydrogens (tertiary/aromatic N) is 3. The predicted octanol–water partition coefficient (Wildman–Crippen LogP) is 2.79. The summed E-state index contributed by atoms with van der Waals surface area (Å²) in [5.74, 6) is 2.22. The number of aliphatic imine (C=N–C) groups is 1. The fourth-order valence-electron chi connectivity index (χ4n) is 2.40. The Hall–Kier alpha value is -0.750. The highest BCUT2D eigenvalue weighted by Crippen LogP contribution is 2.29. The first-order valence-electron chi connectivity index (χ1n) is 7.59. The molecule has 0 amide bonds. The lowest BCUT2D eigenvalue weighted by Gasteiger charge is -2.39. The third-order valence-corrected chi connectivity index (χ3v) is 5.59. The SMILES string of the molecule is CCNC(=NCCc1ncc(C)s1)N1CCSC(C)(C)C1. The Labute approximate surface area is 136 Å². The molecule has 0 aliphatic carbocycles. The van der Waals surface area contributed by atoms with Crippen molar-refractivity contribution in [1.82, 2.24) is 15.2 Å². The molecule has 1 aromatic rings. The lowest BCUT2D eigenvalue weighted by Crippen LogP contribution is -2.51. The van der Waals surface area contributed by atoms with Gasteiger partial charge in [-0.05, 0) is 27.7 Å². The van der Waals surface area contributed by atoms with E-state index >= 15 is 0 Å². The van der Waals surface area contributed by atoms with Gasteiger partial charge in [0.15, 0.2) is 5.96 Å². The van der Waals surface area contributed by atoms with Crippen LogP contribution >= 0.6 is 23.1 Å². The van der Waals surface area contributed by atoms with Crippen molar-refractivity contribution in [3.8, 4) is 0 Å². The van der Waals surface area contributed by atoms with E-state index in [2.05, 4.69) is 54.7 Å². The minimum Gasteiger partial charge on any atom is -0.357 e. The van der Waals surface area contributed by atoms with Gasteiger partial charge in [0.25, 0.3) is 0 Å². The molecule has 0 atom stereocenters. The van der Waals surface area contributed by atoms with Crippen LogP contribution in [-0.2, 0) is 6.42 Å². The van der Waals surface area contributed by atoms with Gasteiger partial charge in [-0.2, -0.15) is 11.8 Å². The topological polar surface area (TPSA) is 40.5 Å². The number of guanidine groups is 1. The average molecular weight is 327 g/mol. The Kier molecular flexibility index (Phi) is 5.93. The number of aromatic nitrogens is 1. The first-order valence-corrected chi connectivity index (χ1v) is 9.39. The highest BCUT2D eigenvalue weighted by atomic mass is 32.2. The van der Waals surface area contributed by atoms with E-state index in [4.69, 9.17) is 4.99 Å². The summed E-state index contributed by atoms with van der Waals surface area (Å²) in [6.07, 6.45) is 2.87. The van der Waals surface area contributed by atoms with Gasteiger partial charge in [0.05, 0.1) is 5.01 Å². The summed E-state index contributed by atoms with van der Waals surface area (Å²) in [7, 11) is 0. The summed E-state index contributed by atoms with van der Waals surface area (Å²) in [6.45, 7) is 12.7. The number of nitrogens with one attached hydrogen (secondary N) is 1. The maximum atomic E-state index is 4.80. The van der Waals surface area contributed by atoms with Crippen molar-refractivity contribution in [1.29, 1.82) is 0 Å². The Balaban J connectivity index is 1.95. The fourth-order valence-corrected chi connectivity index (χ4v) is 4.28. The monoisotopic (exact) mass is 326 g/mol. The zero-order chi connectivity index (χ0) is 15.3. The van der Waals surface area contributed by atoms with Crippen LogP contribution in [0.1, 0.15) is 30.7 Å². The first kappa shape index (κ1) is 16.6. The molecule has 2 heterocycles. The summed E-state index contributed by atoms with van der Waals surface area (Å²) in [6, 6.07) is 0. The smallest absolute Gasteiger partial charge is 0.193 e. The third-order valence-electron chi connectivity index (χ3n) is 3.32. The predicted molar refractivity (Wildman–Crippen MR) is 94.6 cm³/mol. The molecule has 1 aliphatic rings. The van der Waals surface area contributed by atoms with E-state index in [1.54, 1.807) is 11.3 Å². The molecule has 2 rings (SSSR count). The Bertz CT molecular complexity index is 482. The lowest BCUT2D eigenvalue weighted by atomic mass is 10.2. The third kappa shape index (κ3) is 5.18. The van der Waals surface area contributed by atoms with Crippen LogP contribution in [0.3, 0.4) is 0 Å². The van der Waals surface area contributed by atoms with Gasteiger partial charge in [0.1, 0.15) is 0 Å². The molecule has 4 nitrogen and oxygen atoms in total. The Morgan fingerprint density at radius 3 is 2.95 bits per heavy atom. The van der Waals surface area contributed by atoms with E-state index in [9.17, 15) is 0 Å². The van der Waals surface area contributed by atoms with Crippen molar-refractivity contribution in [2.24, 2.45) is 4.99 Å². The van der Waals surface area contributed by atoms with Crippen molar-refractivity contribution in [3.05, 3.63) is 16.1 Å². The minimum atomic E-state index is 0.306. The van der Waals surface area contributed by atoms with E-state index in [-0.39, 0.29) is 0 Å². The minimum absolute atomic E-state index is 0.306. The van der Waals surface area contributed by atoms with E-state index < -0.39 is 0 Å². The molecule has 0 unspecified atom stereocenters. The summed E-state index contributed by atoms with van der Waals surface area (Å²) in [5, 5.41) is 4.61. The van der Waals surface area contributed by atoms with Crippen molar-refractivity contribution in [3.63, 3.8) is 0 Å². The van der Waals surface area contributed by atoms with Crippen LogP contribution < -0.4 is 5.32 Å². The number of hydrogen-bond donors (Lipinski definition) is 1. The van der Waals surface area contributed by atoms with E-state index in [1.165, 1.54) is 15.6 Å². The van der Waals surface area contributed by atoms with Crippen LogP contribution in [-0.4, -0.2) is 52.5 Å². The standard InChI is InChI=1S/C15H26N4S2/c1-5-16-14(19-8-9-20-15(3,4)11-19)17-7-6-13-18-10-12(2)21-13/h10H,5-9,11H2,1-4H3,(H,16,17). The highest BCUT2D eigenvalue weighted by molar-refractivity contribution is 8.00. The second-order valence-electron chi connectivity index (χ2n) is 5.88. The quantitative estimate of drug-likeness (QED) is 0.682. The van der Waals surface area contributed by atoms with Gasteiger partial charge in [0.2, 0.25) is 0 Å². The molecule has 6 heteroatoms. The molecule has 0 spiro atoms. The van der Waals surface area contributed by atoms with E-state index in [0.717, 1.165) is 38.6 Å². The van der Waals surface area contributed by atoms with Gasteiger partial charge < -0.3 is 10.2 Å². The first-order chi connectivity index (χ1) is 10.00. The van der Waals surface area contributed by atoms with Crippen LogP contribution in [0.5, 0.6) is 0 Å². The zero-order valence-corrected chi connectivity index (χ0v) is 15.1. The molecule has 1 fully saturated rings. The molecular weight excluding hydrogens is 300 g/mol. The molecule has 0 saturated carbocycles. The second-order valence-corrected chi connectivity index (χ2v) is 9.00. The van der Waals surface area contributed by atoms with E-state index in [0.29, 0.717) is 4.75 Å². The maximum Gasteiger partial charge on any atom is 0.193 e. The zero-order valence-electron chi connectivity index (χ0n) is 13.5. The summed E-state index contributed by atoms with van der Waals surface area (Å²) in [5.41, 5.74) is 0. The van der Waals surface area contributed by atoms with Crippen LogP contribution in [0.25, 0.3) is 0 Å². The van der Waals surface area contributed by atoms with Gasteiger partial charge in [-0.1, -0.05) is 0 Å². The summed E-state index contributed by atoms with van der Waals surface area (Å²) >= 11 is 3.82. The molecule has 0 radical (unpaired) electrons. The summed E-state index contributed by atoms with van der Waals surface area (Å²) < 4.78 is 0.306. The van der Waals surface area contributed by atoms with Crippen LogP contribution in [0, 0.1) is 6.92 Å². The number of thioether (sulfide) groups is 1. The fraction of sp³-hybridized carbons (Fsp3) is 0.733. The number of hydrogen-bond acceptors (Lipinski definition) is 4. The number of thiazole rings is 1. The Morgan fingerprint density at radius 1 is 1.52 bits per heavy atom. The van der Waals surface area contributed by atoms with Gasteiger partial charge in [-0.25, -0.2) is 4.98 Å². The summed E-state index contributed by atoms with van der Waals surface area (Å²) in [4.78, 5) is 12.9. The van der Waals surface area contributed by atoms with Crippen molar-refractivity contribution < 1.29 is 0 Å².